The van der Waals surface area contributed by atoms with Crippen LogP contribution >= 0.6 is 24.0 Å². The van der Waals surface area contributed by atoms with Crippen molar-refractivity contribution in [3.05, 3.63) is 17.5 Å². The van der Waals surface area contributed by atoms with E-state index in [0.29, 0.717) is 23.6 Å². The van der Waals surface area contributed by atoms with E-state index < -0.39 is 0 Å². The summed E-state index contributed by atoms with van der Waals surface area (Å²) in [5, 5.41) is 4.34. The van der Waals surface area contributed by atoms with Crippen LogP contribution in [0.1, 0.15) is 35.8 Å². The number of thioether (sulfide) groups is 1. The third-order valence-corrected chi connectivity index (χ3v) is 6.10. The second kappa shape index (κ2) is 6.36. The third-order valence-electron chi connectivity index (χ3n) is 4.17. The Bertz CT molecular complexity index is 547. The molecule has 0 radical (unpaired) electrons. The minimum atomic E-state index is -0.158. The SMILES string of the molecule is CCc1nn(C)cc1C(=O)N1CCC(SC)(C(N)=S)CC1. The molecule has 5 nitrogen and oxygen atoms in total. The largest absolute Gasteiger partial charge is 0.392 e. The van der Waals surface area contributed by atoms with Crippen molar-refractivity contribution >= 4 is 34.9 Å². The molecule has 1 saturated heterocycles. The minimum Gasteiger partial charge on any atom is -0.392 e. The van der Waals surface area contributed by atoms with Crippen LogP contribution in [0.25, 0.3) is 0 Å². The number of hydrogen-bond donors (Lipinski definition) is 1. The summed E-state index contributed by atoms with van der Waals surface area (Å²) < 4.78 is 1.55. The van der Waals surface area contributed by atoms with E-state index in [1.165, 1.54) is 0 Å². The molecule has 2 N–H and O–H groups in total. The van der Waals surface area contributed by atoms with Gasteiger partial charge < -0.3 is 10.6 Å². The van der Waals surface area contributed by atoms with Gasteiger partial charge in [-0.2, -0.15) is 16.9 Å². The Morgan fingerprint density at radius 3 is 2.62 bits per heavy atom. The second-order valence-corrected chi connectivity index (χ2v) is 7.00. The van der Waals surface area contributed by atoms with Crippen molar-refractivity contribution in [1.82, 2.24) is 14.7 Å². The number of aryl methyl sites for hydroxylation is 2. The smallest absolute Gasteiger partial charge is 0.257 e. The first-order valence-electron chi connectivity index (χ1n) is 7.10. The average Bonchev–Trinajstić information content (AvgIpc) is 2.87. The maximum Gasteiger partial charge on any atom is 0.257 e. The first-order chi connectivity index (χ1) is 9.93. The lowest BCUT2D eigenvalue weighted by molar-refractivity contribution is 0.0717. The minimum absolute atomic E-state index is 0.0672. The van der Waals surface area contributed by atoms with Crippen LogP contribution in [0.5, 0.6) is 0 Å². The van der Waals surface area contributed by atoms with Crippen LogP contribution in [0, 0.1) is 0 Å². The molecule has 1 aromatic rings. The molecule has 2 heterocycles. The molecule has 7 heteroatoms. The van der Waals surface area contributed by atoms with Crippen LogP contribution < -0.4 is 5.73 Å². The monoisotopic (exact) mass is 326 g/mol. The Balaban J connectivity index is 2.11. The van der Waals surface area contributed by atoms with E-state index in [0.717, 1.165) is 25.0 Å². The fourth-order valence-electron chi connectivity index (χ4n) is 2.77. The average molecular weight is 326 g/mol. The Morgan fingerprint density at radius 1 is 1.52 bits per heavy atom. The number of carbonyl (C=O) groups is 1. The summed E-state index contributed by atoms with van der Waals surface area (Å²) >= 11 is 6.91. The molecule has 0 aromatic carbocycles. The molecule has 2 rings (SSSR count). The van der Waals surface area contributed by atoms with E-state index in [9.17, 15) is 4.79 Å². The van der Waals surface area contributed by atoms with Crippen molar-refractivity contribution in [2.75, 3.05) is 19.3 Å². The van der Waals surface area contributed by atoms with Gasteiger partial charge in [-0.15, -0.1) is 0 Å². The summed E-state index contributed by atoms with van der Waals surface area (Å²) in [6.45, 7) is 3.39. The predicted octanol–water partition coefficient (Wildman–Crippen LogP) is 1.61. The number of nitrogens with two attached hydrogens (primary N) is 1. The predicted molar refractivity (Wildman–Crippen MR) is 90.8 cm³/mol. The highest BCUT2D eigenvalue weighted by Crippen LogP contribution is 2.35. The number of nitrogens with zero attached hydrogens (tertiary/aromatic N) is 3. The van der Waals surface area contributed by atoms with Crippen molar-refractivity contribution in [3.63, 3.8) is 0 Å². The molecule has 0 bridgehead atoms. The van der Waals surface area contributed by atoms with Gasteiger partial charge in [0.2, 0.25) is 0 Å². The van der Waals surface area contributed by atoms with Crippen LogP contribution in [-0.4, -0.2) is 49.7 Å². The summed E-state index contributed by atoms with van der Waals surface area (Å²) in [7, 11) is 1.84. The molecule has 1 aromatic heterocycles. The van der Waals surface area contributed by atoms with Crippen LogP contribution in [0.15, 0.2) is 6.20 Å². The van der Waals surface area contributed by atoms with Gasteiger partial charge in [0.05, 0.1) is 21.0 Å². The van der Waals surface area contributed by atoms with Crippen molar-refractivity contribution < 1.29 is 4.79 Å². The van der Waals surface area contributed by atoms with Crippen molar-refractivity contribution in [2.45, 2.75) is 30.9 Å². The fraction of sp³-hybridized carbons (Fsp3) is 0.643. The lowest BCUT2D eigenvalue weighted by Gasteiger charge is -2.40. The van der Waals surface area contributed by atoms with Crippen LogP contribution in [0.4, 0.5) is 0 Å². The molecular weight excluding hydrogens is 304 g/mol. The number of rotatable bonds is 4. The Morgan fingerprint density at radius 2 is 2.14 bits per heavy atom. The maximum atomic E-state index is 12.7. The van der Waals surface area contributed by atoms with Gasteiger partial charge in [0.25, 0.3) is 5.91 Å². The molecule has 0 unspecified atom stereocenters. The van der Waals surface area contributed by atoms with E-state index >= 15 is 0 Å². The van der Waals surface area contributed by atoms with Crippen molar-refractivity contribution in [2.24, 2.45) is 12.8 Å². The molecular formula is C14H22N4OS2. The van der Waals surface area contributed by atoms with Gasteiger partial charge in [0, 0.05) is 26.3 Å². The van der Waals surface area contributed by atoms with Gasteiger partial charge in [0.15, 0.2) is 0 Å². The summed E-state index contributed by atoms with van der Waals surface area (Å²) in [6.07, 6.45) is 6.24. The van der Waals surface area contributed by atoms with E-state index in [4.69, 9.17) is 18.0 Å². The third kappa shape index (κ3) is 3.08. The van der Waals surface area contributed by atoms with Crippen molar-refractivity contribution in [1.29, 1.82) is 0 Å². The van der Waals surface area contributed by atoms with Gasteiger partial charge in [0.1, 0.15) is 0 Å². The molecule has 116 valence electrons. The topological polar surface area (TPSA) is 64.2 Å². The normalized spacial score (nSPS) is 17.8. The summed E-state index contributed by atoms with van der Waals surface area (Å²) in [5.41, 5.74) is 7.46. The van der Waals surface area contributed by atoms with E-state index in [2.05, 4.69) is 5.10 Å². The number of hydrogen-bond acceptors (Lipinski definition) is 4. The first kappa shape index (κ1) is 16.3. The lowest BCUT2D eigenvalue weighted by atomic mass is 9.95. The Kier molecular flexibility index (Phi) is 4.93. The molecule has 21 heavy (non-hydrogen) atoms. The number of amides is 1. The zero-order valence-corrected chi connectivity index (χ0v) is 14.4. The Labute approximate surface area is 135 Å². The standard InChI is InChI=1S/C14H22N4OS2/c1-4-11-10(9-17(2)16-11)12(19)18-7-5-14(21-3,6-8-18)13(15)20/h9H,4-8H2,1-3H3,(H2,15,20). The number of likely N-dealkylation sites (tertiary alicyclic amines) is 1. The van der Waals surface area contributed by atoms with Gasteiger partial charge >= 0.3 is 0 Å². The number of aromatic nitrogens is 2. The fourth-order valence-corrected chi connectivity index (χ4v) is 4.01. The molecule has 0 atom stereocenters. The first-order valence-corrected chi connectivity index (χ1v) is 8.73. The molecule has 1 aliphatic rings. The highest BCUT2D eigenvalue weighted by atomic mass is 32.2. The van der Waals surface area contributed by atoms with E-state index in [1.54, 1.807) is 16.4 Å². The van der Waals surface area contributed by atoms with E-state index in [-0.39, 0.29) is 10.7 Å². The van der Waals surface area contributed by atoms with Crippen LogP contribution in [-0.2, 0) is 13.5 Å². The molecule has 1 aliphatic heterocycles. The molecule has 0 saturated carbocycles. The highest BCUT2D eigenvalue weighted by molar-refractivity contribution is 8.02. The number of piperidine rings is 1. The zero-order chi connectivity index (χ0) is 15.6. The van der Waals surface area contributed by atoms with Crippen molar-refractivity contribution in [3.8, 4) is 0 Å². The lowest BCUT2D eigenvalue weighted by Crippen LogP contribution is -2.50. The van der Waals surface area contributed by atoms with Crippen LogP contribution in [0.3, 0.4) is 0 Å². The summed E-state index contributed by atoms with van der Waals surface area (Å²) in [5.74, 6) is 0.0672. The molecule has 1 fully saturated rings. The summed E-state index contributed by atoms with van der Waals surface area (Å²) in [6, 6.07) is 0. The number of thiocarbonyl (C=S) groups is 1. The van der Waals surface area contributed by atoms with Gasteiger partial charge in [-0.25, -0.2) is 0 Å². The number of carbonyl (C=O) groups excluding carboxylic acids is 1. The molecule has 0 spiro atoms. The second-order valence-electron chi connectivity index (χ2n) is 5.37. The van der Waals surface area contributed by atoms with Gasteiger partial charge in [-0.3, -0.25) is 9.48 Å². The van der Waals surface area contributed by atoms with Gasteiger partial charge in [-0.05, 0) is 25.5 Å². The van der Waals surface area contributed by atoms with Gasteiger partial charge in [-0.1, -0.05) is 19.1 Å². The maximum absolute atomic E-state index is 12.7. The zero-order valence-electron chi connectivity index (χ0n) is 12.8. The highest BCUT2D eigenvalue weighted by Gasteiger charge is 2.38. The van der Waals surface area contributed by atoms with E-state index in [1.807, 2.05) is 31.3 Å². The quantitative estimate of drug-likeness (QED) is 0.852. The van der Waals surface area contributed by atoms with Crippen LogP contribution in [0.2, 0.25) is 0 Å². The Hall–Kier alpha value is -1.08. The molecule has 1 amide bonds. The molecule has 0 aliphatic carbocycles. The summed E-state index contributed by atoms with van der Waals surface area (Å²) in [4.78, 5) is 15.1.